The first-order valence-corrected chi connectivity index (χ1v) is 9.26. The Morgan fingerprint density at radius 2 is 1.71 bits per heavy atom. The lowest BCUT2D eigenvalue weighted by atomic mass is 10.1. The van der Waals surface area contributed by atoms with Crippen molar-refractivity contribution in [1.29, 1.82) is 0 Å². The van der Waals surface area contributed by atoms with Gasteiger partial charge in [0.05, 0.1) is 11.3 Å². The third kappa shape index (κ3) is 3.80. The lowest BCUT2D eigenvalue weighted by Gasteiger charge is -2.37. The van der Waals surface area contributed by atoms with Gasteiger partial charge < -0.3 is 0 Å². The van der Waals surface area contributed by atoms with Gasteiger partial charge in [0.1, 0.15) is 11.6 Å². The number of halogens is 2. The molecule has 3 aromatic rings. The molecule has 1 aromatic heterocycles. The molecule has 2 heterocycles. The molecule has 1 amide bonds. The quantitative estimate of drug-likeness (QED) is 0.680. The molecule has 1 fully saturated rings. The predicted molar refractivity (Wildman–Crippen MR) is 103 cm³/mol. The van der Waals surface area contributed by atoms with Crippen molar-refractivity contribution in [1.82, 2.24) is 15.1 Å². The fraction of sp³-hybridized carbons (Fsp3) is 0.238. The Bertz CT molecular complexity index is 979. The molecule has 5 nitrogen and oxygen atoms in total. The number of amides is 1. The summed E-state index contributed by atoms with van der Waals surface area (Å²) in [5.74, 6) is -1.74. The molecule has 1 aliphatic heterocycles. The molecule has 144 valence electrons. The van der Waals surface area contributed by atoms with E-state index in [2.05, 4.69) is 10.4 Å². The second-order valence-electron chi connectivity index (χ2n) is 6.81. The van der Waals surface area contributed by atoms with Gasteiger partial charge in [-0.3, -0.25) is 15.2 Å². The van der Waals surface area contributed by atoms with Crippen LogP contribution in [0.15, 0.2) is 54.9 Å². The molecule has 0 radical (unpaired) electrons. The maximum atomic E-state index is 13.6. The lowest BCUT2D eigenvalue weighted by molar-refractivity contribution is -0.00561. The van der Waals surface area contributed by atoms with Gasteiger partial charge >= 0.3 is 0 Å². The highest BCUT2D eigenvalue weighted by atomic mass is 19.1. The van der Waals surface area contributed by atoms with Gasteiger partial charge in [-0.2, -0.15) is 10.1 Å². The van der Waals surface area contributed by atoms with Crippen molar-refractivity contribution in [3.8, 4) is 0 Å². The number of anilines is 1. The zero-order valence-electron chi connectivity index (χ0n) is 15.2. The van der Waals surface area contributed by atoms with Gasteiger partial charge in [-0.25, -0.2) is 8.78 Å². The summed E-state index contributed by atoms with van der Waals surface area (Å²) in [5.41, 5.74) is 3.49. The first kappa shape index (κ1) is 18.3. The van der Waals surface area contributed by atoms with Crippen molar-refractivity contribution in [3.63, 3.8) is 0 Å². The van der Waals surface area contributed by atoms with E-state index in [4.69, 9.17) is 0 Å². The van der Waals surface area contributed by atoms with E-state index in [-0.39, 0.29) is 11.6 Å². The van der Waals surface area contributed by atoms with Crippen molar-refractivity contribution in [2.45, 2.75) is 19.3 Å². The van der Waals surface area contributed by atoms with Crippen LogP contribution < -0.4 is 5.43 Å². The van der Waals surface area contributed by atoms with Crippen LogP contribution in [-0.4, -0.2) is 34.1 Å². The number of hydrogen-bond donors (Lipinski definition) is 1. The van der Waals surface area contributed by atoms with Crippen molar-refractivity contribution in [2.75, 3.05) is 18.5 Å². The van der Waals surface area contributed by atoms with Gasteiger partial charge in [-0.05, 0) is 30.4 Å². The van der Waals surface area contributed by atoms with Gasteiger partial charge in [-0.15, -0.1) is 0 Å². The minimum Gasteiger partial charge on any atom is -0.281 e. The van der Waals surface area contributed by atoms with Crippen LogP contribution >= 0.6 is 0 Å². The highest BCUT2D eigenvalue weighted by Gasteiger charge is 2.26. The normalized spacial score (nSPS) is 14.8. The van der Waals surface area contributed by atoms with Gasteiger partial charge in [-0.1, -0.05) is 30.7 Å². The number of rotatable bonds is 4. The van der Waals surface area contributed by atoms with E-state index in [1.165, 1.54) is 11.3 Å². The van der Waals surface area contributed by atoms with E-state index >= 15 is 0 Å². The summed E-state index contributed by atoms with van der Waals surface area (Å²) < 4.78 is 27.3. The number of fused-ring (bicyclic) bond motifs is 1. The van der Waals surface area contributed by atoms with E-state index in [0.717, 1.165) is 48.2 Å². The molecular weight excluding hydrogens is 362 g/mol. The highest BCUT2D eigenvalue weighted by molar-refractivity contribution is 6.06. The van der Waals surface area contributed by atoms with Crippen molar-refractivity contribution in [2.24, 2.45) is 0 Å². The molecule has 7 heteroatoms. The third-order valence-corrected chi connectivity index (χ3v) is 4.80. The molecule has 1 aliphatic rings. The minimum absolute atomic E-state index is 0.171. The van der Waals surface area contributed by atoms with Crippen LogP contribution in [0, 0.1) is 11.6 Å². The smallest absolute Gasteiger partial charge is 0.281 e. The van der Waals surface area contributed by atoms with E-state index < -0.39 is 11.6 Å². The molecule has 1 N–H and O–H groups in total. The van der Waals surface area contributed by atoms with E-state index in [9.17, 15) is 13.6 Å². The second kappa shape index (κ2) is 7.90. The van der Waals surface area contributed by atoms with Crippen LogP contribution in [0.3, 0.4) is 0 Å². The molecule has 0 bridgehead atoms. The summed E-state index contributed by atoms with van der Waals surface area (Å²) in [6, 6.07) is 10.6. The summed E-state index contributed by atoms with van der Waals surface area (Å²) in [6.07, 6.45) is 6.19. The first-order valence-electron chi connectivity index (χ1n) is 9.26. The average molecular weight is 382 g/mol. The van der Waals surface area contributed by atoms with Gasteiger partial charge in [0.25, 0.3) is 5.91 Å². The summed E-state index contributed by atoms with van der Waals surface area (Å²) >= 11 is 0. The molecule has 0 spiro atoms. The number of piperidine rings is 1. The number of pyridine rings is 1. The molecule has 28 heavy (non-hydrogen) atoms. The number of nitrogens with zero attached hydrogens (tertiary/aromatic N) is 3. The average Bonchev–Trinajstić information content (AvgIpc) is 2.71. The molecular formula is C21H20F2N4O. The maximum Gasteiger partial charge on any atom is 0.289 e. The number of benzene rings is 2. The Kier molecular flexibility index (Phi) is 5.16. The van der Waals surface area contributed by atoms with Gasteiger partial charge in [0.2, 0.25) is 0 Å². The van der Waals surface area contributed by atoms with Crippen molar-refractivity contribution < 1.29 is 13.6 Å². The molecule has 0 aliphatic carbocycles. The van der Waals surface area contributed by atoms with Crippen LogP contribution in [0.25, 0.3) is 10.8 Å². The standard InChI is InChI=1S/C21H20F2N4O/c22-16-10-17(23)12-18(11-16)25-27(26-8-4-1-5-9-26)21(28)20-14-24-13-15-6-2-3-7-19(15)20/h2-3,6-7,10-14,25H,1,4-5,8-9H2. The van der Waals surface area contributed by atoms with E-state index in [1.54, 1.807) is 6.20 Å². The first-order chi connectivity index (χ1) is 13.6. The topological polar surface area (TPSA) is 48.5 Å². The fourth-order valence-electron chi connectivity index (χ4n) is 3.47. The second-order valence-corrected chi connectivity index (χ2v) is 6.81. The van der Waals surface area contributed by atoms with Gasteiger partial charge in [0, 0.05) is 36.9 Å². The molecule has 1 saturated heterocycles. The van der Waals surface area contributed by atoms with Crippen molar-refractivity contribution >= 4 is 22.4 Å². The predicted octanol–water partition coefficient (Wildman–Crippen LogP) is 4.38. The highest BCUT2D eigenvalue weighted by Crippen LogP contribution is 2.23. The monoisotopic (exact) mass is 382 g/mol. The minimum atomic E-state index is -0.708. The van der Waals surface area contributed by atoms with Gasteiger partial charge in [0.15, 0.2) is 0 Å². The number of aromatic nitrogens is 1. The number of carbonyl (C=O) groups excluding carboxylic acids is 1. The lowest BCUT2D eigenvalue weighted by Crippen LogP contribution is -2.52. The zero-order valence-corrected chi connectivity index (χ0v) is 15.2. The summed E-state index contributed by atoms with van der Waals surface area (Å²) in [4.78, 5) is 17.6. The summed E-state index contributed by atoms with van der Waals surface area (Å²) in [5, 5.41) is 4.85. The Hall–Kier alpha value is -3.06. The summed E-state index contributed by atoms with van der Waals surface area (Å²) in [6.45, 7) is 1.35. The van der Waals surface area contributed by atoms with Crippen LogP contribution in [-0.2, 0) is 0 Å². The summed E-state index contributed by atoms with van der Waals surface area (Å²) in [7, 11) is 0. The van der Waals surface area contributed by atoms with Crippen LogP contribution in [0.1, 0.15) is 29.6 Å². The van der Waals surface area contributed by atoms with Crippen LogP contribution in [0.2, 0.25) is 0 Å². The Labute approximate surface area is 161 Å². The van der Waals surface area contributed by atoms with Crippen LogP contribution in [0.5, 0.6) is 0 Å². The Balaban J connectivity index is 1.72. The van der Waals surface area contributed by atoms with E-state index in [0.29, 0.717) is 18.7 Å². The van der Waals surface area contributed by atoms with Crippen LogP contribution in [0.4, 0.5) is 14.5 Å². The molecule has 0 atom stereocenters. The third-order valence-electron chi connectivity index (χ3n) is 4.80. The zero-order chi connectivity index (χ0) is 19.5. The number of nitrogens with one attached hydrogen (secondary N) is 1. The number of hydrogen-bond acceptors (Lipinski definition) is 4. The molecule has 0 unspecified atom stereocenters. The van der Waals surface area contributed by atoms with E-state index in [1.807, 2.05) is 29.3 Å². The SMILES string of the molecule is O=C(c1cncc2ccccc12)N(Nc1cc(F)cc(F)c1)N1CCCCC1. The Morgan fingerprint density at radius 3 is 2.46 bits per heavy atom. The maximum absolute atomic E-state index is 13.6. The molecule has 2 aromatic carbocycles. The Morgan fingerprint density at radius 1 is 1.00 bits per heavy atom. The molecule has 4 rings (SSSR count). The molecule has 0 saturated carbocycles. The number of carbonyl (C=O) groups is 1. The largest absolute Gasteiger partial charge is 0.289 e. The number of hydrazine groups is 2. The fourth-order valence-corrected chi connectivity index (χ4v) is 3.47. The van der Waals surface area contributed by atoms with Crippen molar-refractivity contribution in [3.05, 3.63) is 72.1 Å².